The third-order valence-electron chi connectivity index (χ3n) is 3.69. The normalized spacial score (nSPS) is 11.2. The fourth-order valence-corrected chi connectivity index (χ4v) is 2.33. The van der Waals surface area contributed by atoms with Gasteiger partial charge in [0.1, 0.15) is 5.82 Å². The van der Waals surface area contributed by atoms with Crippen LogP contribution >= 0.6 is 12.4 Å². The largest absolute Gasteiger partial charge is 0.351 e. The molecular formula is C19H23ClFN3O2. The first-order chi connectivity index (χ1) is 12.0. The van der Waals surface area contributed by atoms with E-state index in [0.717, 1.165) is 12.0 Å². The van der Waals surface area contributed by atoms with E-state index in [1.165, 1.54) is 24.3 Å². The molecule has 1 atom stereocenters. The lowest BCUT2D eigenvalue weighted by Gasteiger charge is -2.12. The van der Waals surface area contributed by atoms with Crippen molar-refractivity contribution in [2.75, 3.05) is 5.32 Å². The standard InChI is InChI=1S/C19H22FN3O2.ClH/c1-2-4-17(21)19(25)22-12-13-5-3-6-16(11-13)23-18(24)14-7-9-15(20)10-8-14;/h3,5-11,17H,2,4,12,21H2,1H3,(H,22,25)(H,23,24);1H. The molecule has 2 amide bonds. The number of rotatable bonds is 7. The average Bonchev–Trinajstić information content (AvgIpc) is 2.60. The first kappa shape index (κ1) is 21.6. The van der Waals surface area contributed by atoms with Gasteiger partial charge >= 0.3 is 0 Å². The summed E-state index contributed by atoms with van der Waals surface area (Å²) in [5.74, 6) is -0.913. The number of amides is 2. The summed E-state index contributed by atoms with van der Waals surface area (Å²) < 4.78 is 12.9. The Labute approximate surface area is 158 Å². The number of anilines is 1. The molecule has 1 unspecified atom stereocenters. The van der Waals surface area contributed by atoms with Crippen LogP contribution in [0.5, 0.6) is 0 Å². The number of hydrogen-bond acceptors (Lipinski definition) is 3. The molecule has 0 saturated heterocycles. The van der Waals surface area contributed by atoms with Crippen molar-refractivity contribution in [3.63, 3.8) is 0 Å². The molecule has 0 aliphatic carbocycles. The highest BCUT2D eigenvalue weighted by Gasteiger charge is 2.12. The molecule has 0 aromatic heterocycles. The molecule has 2 aromatic carbocycles. The van der Waals surface area contributed by atoms with E-state index in [9.17, 15) is 14.0 Å². The van der Waals surface area contributed by atoms with Crippen molar-refractivity contribution in [3.8, 4) is 0 Å². The van der Waals surface area contributed by atoms with Crippen LogP contribution in [-0.2, 0) is 11.3 Å². The average molecular weight is 380 g/mol. The second-order valence-corrected chi connectivity index (χ2v) is 5.77. The summed E-state index contributed by atoms with van der Waals surface area (Å²) in [6.07, 6.45) is 1.49. The molecule has 0 spiro atoms. The van der Waals surface area contributed by atoms with E-state index in [-0.39, 0.29) is 24.2 Å². The smallest absolute Gasteiger partial charge is 0.255 e. The number of nitrogens with one attached hydrogen (secondary N) is 2. The number of carbonyl (C=O) groups excluding carboxylic acids is 2. The lowest BCUT2D eigenvalue weighted by molar-refractivity contribution is -0.122. The predicted molar refractivity (Wildman–Crippen MR) is 103 cm³/mol. The Morgan fingerprint density at radius 1 is 1.15 bits per heavy atom. The summed E-state index contributed by atoms with van der Waals surface area (Å²) in [7, 11) is 0. The third kappa shape index (κ3) is 6.46. The van der Waals surface area contributed by atoms with Crippen LogP contribution in [0.1, 0.15) is 35.7 Å². The van der Waals surface area contributed by atoms with Crippen molar-refractivity contribution in [2.24, 2.45) is 5.73 Å². The van der Waals surface area contributed by atoms with E-state index in [4.69, 9.17) is 5.73 Å². The van der Waals surface area contributed by atoms with Gasteiger partial charge in [-0.1, -0.05) is 25.5 Å². The van der Waals surface area contributed by atoms with Gasteiger partial charge in [0.2, 0.25) is 5.91 Å². The van der Waals surface area contributed by atoms with Crippen LogP contribution in [0.25, 0.3) is 0 Å². The molecule has 0 saturated carbocycles. The predicted octanol–water partition coefficient (Wildman–Crippen LogP) is 3.24. The Morgan fingerprint density at radius 3 is 2.50 bits per heavy atom. The van der Waals surface area contributed by atoms with Gasteiger partial charge in [-0.05, 0) is 48.4 Å². The third-order valence-corrected chi connectivity index (χ3v) is 3.69. The molecule has 4 N–H and O–H groups in total. The molecule has 0 bridgehead atoms. The van der Waals surface area contributed by atoms with Crippen LogP contribution in [0.3, 0.4) is 0 Å². The summed E-state index contributed by atoms with van der Waals surface area (Å²) in [5, 5.41) is 5.53. The number of benzene rings is 2. The first-order valence-corrected chi connectivity index (χ1v) is 8.18. The molecule has 0 radical (unpaired) electrons. The minimum Gasteiger partial charge on any atom is -0.351 e. The van der Waals surface area contributed by atoms with Crippen molar-refractivity contribution >= 4 is 29.9 Å². The van der Waals surface area contributed by atoms with Gasteiger partial charge in [-0.2, -0.15) is 0 Å². The lowest BCUT2D eigenvalue weighted by atomic mass is 10.1. The van der Waals surface area contributed by atoms with Crippen LogP contribution in [0, 0.1) is 5.82 Å². The molecule has 5 nitrogen and oxygen atoms in total. The molecule has 2 aromatic rings. The SMILES string of the molecule is CCCC(N)C(=O)NCc1cccc(NC(=O)c2ccc(F)cc2)c1.Cl. The van der Waals surface area contributed by atoms with Crippen LogP contribution in [0.2, 0.25) is 0 Å². The van der Waals surface area contributed by atoms with Crippen molar-refractivity contribution < 1.29 is 14.0 Å². The molecule has 0 aliphatic heterocycles. The van der Waals surface area contributed by atoms with Gasteiger partial charge in [-0.25, -0.2) is 4.39 Å². The maximum atomic E-state index is 12.9. The number of nitrogens with two attached hydrogens (primary N) is 1. The maximum Gasteiger partial charge on any atom is 0.255 e. The van der Waals surface area contributed by atoms with E-state index in [2.05, 4.69) is 10.6 Å². The summed E-state index contributed by atoms with van der Waals surface area (Å²) >= 11 is 0. The van der Waals surface area contributed by atoms with Crippen LogP contribution in [0.15, 0.2) is 48.5 Å². The van der Waals surface area contributed by atoms with E-state index < -0.39 is 11.9 Å². The molecule has 0 heterocycles. The molecule has 26 heavy (non-hydrogen) atoms. The van der Waals surface area contributed by atoms with Gasteiger partial charge in [0, 0.05) is 17.8 Å². The minimum absolute atomic E-state index is 0. The highest BCUT2D eigenvalue weighted by Crippen LogP contribution is 2.13. The highest BCUT2D eigenvalue weighted by molar-refractivity contribution is 6.04. The Morgan fingerprint density at radius 2 is 1.85 bits per heavy atom. The summed E-state index contributed by atoms with van der Waals surface area (Å²) in [6.45, 7) is 2.30. The van der Waals surface area contributed by atoms with Crippen molar-refractivity contribution in [1.82, 2.24) is 5.32 Å². The topological polar surface area (TPSA) is 84.2 Å². The maximum absolute atomic E-state index is 12.9. The fraction of sp³-hybridized carbons (Fsp3) is 0.263. The second kappa shape index (κ2) is 10.5. The summed E-state index contributed by atoms with van der Waals surface area (Å²) in [6, 6.07) is 12.0. The van der Waals surface area contributed by atoms with E-state index in [1.807, 2.05) is 13.0 Å². The Bertz CT molecular complexity index is 738. The van der Waals surface area contributed by atoms with E-state index in [0.29, 0.717) is 24.2 Å². The minimum atomic E-state index is -0.508. The van der Waals surface area contributed by atoms with Crippen LogP contribution in [0.4, 0.5) is 10.1 Å². The van der Waals surface area contributed by atoms with Gasteiger partial charge in [0.15, 0.2) is 0 Å². The summed E-state index contributed by atoms with van der Waals surface area (Å²) in [5.41, 5.74) is 7.57. The Kier molecular flexibility index (Phi) is 8.75. The molecule has 140 valence electrons. The molecule has 0 aliphatic rings. The van der Waals surface area contributed by atoms with Gasteiger partial charge in [0.25, 0.3) is 5.91 Å². The Balaban J connectivity index is 0.00000338. The van der Waals surface area contributed by atoms with Gasteiger partial charge in [-0.3, -0.25) is 9.59 Å². The van der Waals surface area contributed by atoms with Crippen molar-refractivity contribution in [1.29, 1.82) is 0 Å². The number of carbonyl (C=O) groups is 2. The fourth-order valence-electron chi connectivity index (χ4n) is 2.33. The molecular weight excluding hydrogens is 357 g/mol. The van der Waals surface area contributed by atoms with Crippen molar-refractivity contribution in [3.05, 3.63) is 65.5 Å². The number of halogens is 2. The molecule has 2 rings (SSSR count). The number of hydrogen-bond donors (Lipinski definition) is 3. The molecule has 7 heteroatoms. The zero-order chi connectivity index (χ0) is 18.2. The van der Waals surface area contributed by atoms with E-state index >= 15 is 0 Å². The second-order valence-electron chi connectivity index (χ2n) is 5.77. The quantitative estimate of drug-likeness (QED) is 0.690. The lowest BCUT2D eigenvalue weighted by Crippen LogP contribution is -2.40. The zero-order valence-electron chi connectivity index (χ0n) is 14.5. The van der Waals surface area contributed by atoms with Gasteiger partial charge in [-0.15, -0.1) is 12.4 Å². The van der Waals surface area contributed by atoms with E-state index in [1.54, 1.807) is 18.2 Å². The summed E-state index contributed by atoms with van der Waals surface area (Å²) in [4.78, 5) is 24.0. The monoisotopic (exact) mass is 379 g/mol. The van der Waals surface area contributed by atoms with Crippen molar-refractivity contribution in [2.45, 2.75) is 32.4 Å². The van der Waals surface area contributed by atoms with Gasteiger partial charge in [0.05, 0.1) is 6.04 Å². The van der Waals surface area contributed by atoms with Crippen LogP contribution in [-0.4, -0.2) is 17.9 Å². The van der Waals surface area contributed by atoms with Crippen LogP contribution < -0.4 is 16.4 Å². The Hall–Kier alpha value is -2.44. The van der Waals surface area contributed by atoms with Gasteiger partial charge < -0.3 is 16.4 Å². The zero-order valence-corrected chi connectivity index (χ0v) is 15.3. The highest BCUT2D eigenvalue weighted by atomic mass is 35.5. The molecule has 0 fully saturated rings. The first-order valence-electron chi connectivity index (χ1n) is 8.18.